The molecule has 0 fully saturated rings. The van der Waals surface area contributed by atoms with Crippen LogP contribution < -0.4 is 10.6 Å². The lowest BCUT2D eigenvalue weighted by Gasteiger charge is -2.12. The van der Waals surface area contributed by atoms with E-state index in [1.54, 1.807) is 19.2 Å². The van der Waals surface area contributed by atoms with Crippen molar-refractivity contribution in [1.29, 1.82) is 0 Å². The van der Waals surface area contributed by atoms with Crippen molar-refractivity contribution in [2.45, 2.75) is 13.0 Å². The number of hydrogen-bond acceptors (Lipinski definition) is 1. The Hall–Kier alpha value is -0.990. The summed E-state index contributed by atoms with van der Waals surface area (Å²) in [6.45, 7) is 1.11. The minimum absolute atomic E-state index is 0. The zero-order chi connectivity index (χ0) is 16.8. The topological polar surface area (TPSA) is 41.4 Å². The van der Waals surface area contributed by atoms with Gasteiger partial charge in [-0.15, -0.1) is 24.0 Å². The first-order valence-electron chi connectivity index (χ1n) is 7.20. The minimum Gasteiger partial charge on any atom is -0.356 e. The lowest BCUT2D eigenvalue weighted by molar-refractivity contribution is 0.606. The van der Waals surface area contributed by atoms with Crippen LogP contribution in [0, 0.1) is 5.82 Å². The normalized spacial score (nSPS) is 11.1. The quantitative estimate of drug-likeness (QED) is 0.382. The first-order chi connectivity index (χ1) is 11.0. The predicted molar refractivity (Wildman–Crippen MR) is 109 cm³/mol. The van der Waals surface area contributed by atoms with E-state index < -0.39 is 0 Å². The van der Waals surface area contributed by atoms with Gasteiger partial charge in [0.1, 0.15) is 11.0 Å². The zero-order valence-corrected chi connectivity index (χ0v) is 17.3. The molecule has 1 aromatic heterocycles. The van der Waals surface area contributed by atoms with Crippen LogP contribution in [-0.2, 0) is 20.0 Å². The largest absolute Gasteiger partial charge is 0.356 e. The fourth-order valence-electron chi connectivity index (χ4n) is 2.17. The molecule has 0 amide bonds. The van der Waals surface area contributed by atoms with Gasteiger partial charge in [0.05, 0.1) is 11.6 Å². The maximum absolute atomic E-state index is 13.5. The van der Waals surface area contributed by atoms with Crippen molar-refractivity contribution in [3.63, 3.8) is 0 Å². The average molecular weight is 485 g/mol. The molecule has 0 spiro atoms. The second-order valence-corrected chi connectivity index (χ2v) is 5.79. The molecule has 2 aromatic rings. The second-order valence-electron chi connectivity index (χ2n) is 5.03. The molecule has 0 unspecified atom stereocenters. The third kappa shape index (κ3) is 5.53. The van der Waals surface area contributed by atoms with Gasteiger partial charge >= 0.3 is 0 Å². The van der Waals surface area contributed by atoms with Gasteiger partial charge in [0.15, 0.2) is 5.96 Å². The Balaban J connectivity index is 0.00000288. The van der Waals surface area contributed by atoms with E-state index in [4.69, 9.17) is 23.2 Å². The van der Waals surface area contributed by atoms with Crippen LogP contribution in [0.1, 0.15) is 11.3 Å². The lowest BCUT2D eigenvalue weighted by atomic mass is 10.1. The number of aromatic nitrogens is 1. The van der Waals surface area contributed by atoms with Crippen molar-refractivity contribution in [2.24, 2.45) is 12.0 Å². The van der Waals surface area contributed by atoms with Crippen LogP contribution in [-0.4, -0.2) is 24.1 Å². The van der Waals surface area contributed by atoms with E-state index in [9.17, 15) is 4.39 Å². The maximum atomic E-state index is 13.5. The SMILES string of the molecule is CN=C(NCCc1ccccc1F)NCc1cc(Cl)c(Cl)n1C.I. The highest BCUT2D eigenvalue weighted by Gasteiger charge is 2.09. The summed E-state index contributed by atoms with van der Waals surface area (Å²) in [7, 11) is 3.53. The molecule has 2 rings (SSSR count). The Morgan fingerprint density at radius 1 is 1.25 bits per heavy atom. The average Bonchev–Trinajstić information content (AvgIpc) is 2.79. The van der Waals surface area contributed by atoms with Crippen molar-refractivity contribution >= 4 is 53.1 Å². The molecule has 8 heteroatoms. The maximum Gasteiger partial charge on any atom is 0.191 e. The molecule has 24 heavy (non-hydrogen) atoms. The first kappa shape index (κ1) is 21.1. The van der Waals surface area contributed by atoms with Crippen molar-refractivity contribution in [3.8, 4) is 0 Å². The number of rotatable bonds is 5. The number of guanidine groups is 1. The highest BCUT2D eigenvalue weighted by molar-refractivity contribution is 14.0. The molecule has 0 atom stereocenters. The molecule has 1 aromatic carbocycles. The van der Waals surface area contributed by atoms with Gasteiger partial charge in [0.25, 0.3) is 0 Å². The number of aliphatic imine (C=N–C) groups is 1. The third-order valence-electron chi connectivity index (χ3n) is 3.52. The van der Waals surface area contributed by atoms with E-state index in [0.717, 1.165) is 5.69 Å². The van der Waals surface area contributed by atoms with Gasteiger partial charge in [0, 0.05) is 26.3 Å². The zero-order valence-electron chi connectivity index (χ0n) is 13.4. The third-order valence-corrected chi connectivity index (χ3v) is 4.36. The Morgan fingerprint density at radius 2 is 1.96 bits per heavy atom. The molecule has 2 N–H and O–H groups in total. The highest BCUT2D eigenvalue weighted by Crippen LogP contribution is 2.24. The van der Waals surface area contributed by atoms with Crippen LogP contribution in [0.2, 0.25) is 10.2 Å². The van der Waals surface area contributed by atoms with Gasteiger partial charge in [-0.3, -0.25) is 4.99 Å². The first-order valence-corrected chi connectivity index (χ1v) is 7.96. The van der Waals surface area contributed by atoms with Crippen molar-refractivity contribution in [1.82, 2.24) is 15.2 Å². The summed E-state index contributed by atoms with van der Waals surface area (Å²) >= 11 is 12.0. The van der Waals surface area contributed by atoms with Gasteiger partial charge in [-0.2, -0.15) is 0 Å². The molecular formula is C16H20Cl2FIN4. The molecule has 4 nitrogen and oxygen atoms in total. The number of benzene rings is 1. The molecule has 1 heterocycles. The standard InChI is InChI=1S/C16H19Cl2FN4.HI/c1-20-16(21-8-7-11-5-3-4-6-14(11)19)22-10-12-9-13(17)15(18)23(12)2;/h3-6,9H,7-8,10H2,1-2H3,(H2,20,21,22);1H. The smallest absolute Gasteiger partial charge is 0.191 e. The summed E-state index contributed by atoms with van der Waals surface area (Å²) in [4.78, 5) is 4.14. The van der Waals surface area contributed by atoms with Crippen LogP contribution >= 0.6 is 47.2 Å². The molecule has 132 valence electrons. The van der Waals surface area contributed by atoms with Gasteiger partial charge in [-0.1, -0.05) is 41.4 Å². The lowest BCUT2D eigenvalue weighted by Crippen LogP contribution is -2.38. The number of nitrogens with zero attached hydrogens (tertiary/aromatic N) is 2. The minimum atomic E-state index is -0.189. The Kier molecular flexibility index (Phi) is 8.86. The van der Waals surface area contributed by atoms with Crippen molar-refractivity contribution < 1.29 is 4.39 Å². The number of nitrogens with one attached hydrogen (secondary N) is 2. The van der Waals surface area contributed by atoms with E-state index in [-0.39, 0.29) is 29.8 Å². The summed E-state index contributed by atoms with van der Waals surface area (Å²) in [6, 6.07) is 8.56. The molecule has 0 saturated carbocycles. The van der Waals surface area contributed by atoms with Crippen LogP contribution in [0.15, 0.2) is 35.3 Å². The van der Waals surface area contributed by atoms with E-state index >= 15 is 0 Å². The van der Waals surface area contributed by atoms with Crippen molar-refractivity contribution in [2.75, 3.05) is 13.6 Å². The van der Waals surface area contributed by atoms with Crippen LogP contribution in [0.5, 0.6) is 0 Å². The van der Waals surface area contributed by atoms with E-state index in [0.29, 0.717) is 41.2 Å². The predicted octanol–water partition coefficient (Wildman–Crippen LogP) is 4.00. The molecule has 0 saturated heterocycles. The summed E-state index contributed by atoms with van der Waals surface area (Å²) in [5.74, 6) is 0.445. The number of hydrogen-bond donors (Lipinski definition) is 2. The molecule has 0 aliphatic rings. The summed E-state index contributed by atoms with van der Waals surface area (Å²) < 4.78 is 15.4. The Labute approximate surface area is 168 Å². The summed E-state index contributed by atoms with van der Waals surface area (Å²) in [6.07, 6.45) is 0.579. The monoisotopic (exact) mass is 484 g/mol. The fraction of sp³-hybridized carbons (Fsp3) is 0.312. The Bertz CT molecular complexity index is 703. The van der Waals surface area contributed by atoms with Gasteiger partial charge in [-0.05, 0) is 24.1 Å². The second kappa shape index (κ2) is 10.1. The van der Waals surface area contributed by atoms with Crippen molar-refractivity contribution in [3.05, 3.63) is 57.6 Å². The van der Waals surface area contributed by atoms with E-state index in [1.807, 2.05) is 23.7 Å². The molecule has 0 aliphatic carbocycles. The van der Waals surface area contributed by atoms with E-state index in [2.05, 4.69) is 15.6 Å². The molecule has 0 bridgehead atoms. The van der Waals surface area contributed by atoms with Crippen LogP contribution in [0.25, 0.3) is 0 Å². The van der Waals surface area contributed by atoms with Gasteiger partial charge in [0.2, 0.25) is 0 Å². The summed E-state index contributed by atoms with van der Waals surface area (Å²) in [5.41, 5.74) is 1.62. The fourth-order valence-corrected chi connectivity index (χ4v) is 2.59. The molecule has 0 radical (unpaired) electrons. The van der Waals surface area contributed by atoms with Crippen LogP contribution in [0.4, 0.5) is 4.39 Å². The summed E-state index contributed by atoms with van der Waals surface area (Å²) in [5, 5.41) is 7.36. The number of halogens is 4. The van der Waals surface area contributed by atoms with Gasteiger partial charge in [-0.25, -0.2) is 4.39 Å². The van der Waals surface area contributed by atoms with Crippen LogP contribution in [0.3, 0.4) is 0 Å². The molecule has 0 aliphatic heterocycles. The Morgan fingerprint density at radius 3 is 2.54 bits per heavy atom. The van der Waals surface area contributed by atoms with Gasteiger partial charge < -0.3 is 15.2 Å². The molecular weight excluding hydrogens is 465 g/mol. The van der Waals surface area contributed by atoms with E-state index in [1.165, 1.54) is 6.07 Å². The highest BCUT2D eigenvalue weighted by atomic mass is 127.